The van der Waals surface area contributed by atoms with Gasteiger partial charge in [0.25, 0.3) is 0 Å². The Bertz CT molecular complexity index is 1070. The predicted octanol–water partition coefficient (Wildman–Crippen LogP) is 8.14. The lowest BCUT2D eigenvalue weighted by Gasteiger charge is -2.16. The van der Waals surface area contributed by atoms with Gasteiger partial charge in [-0.25, -0.2) is 4.98 Å². The quantitative estimate of drug-likeness (QED) is 0.253. The van der Waals surface area contributed by atoms with Crippen LogP contribution in [0.1, 0.15) is 57.6 Å². The molecule has 0 aliphatic heterocycles. The average Bonchev–Trinajstić information content (AvgIpc) is 2.81. The van der Waals surface area contributed by atoms with Crippen LogP contribution in [0.25, 0.3) is 0 Å². The third-order valence-electron chi connectivity index (χ3n) is 5.30. The van der Waals surface area contributed by atoms with Crippen LogP contribution in [0.4, 0.5) is 36.3 Å². The van der Waals surface area contributed by atoms with Crippen LogP contribution in [0, 0.1) is 5.92 Å². The molecule has 0 spiro atoms. The van der Waals surface area contributed by atoms with Crippen molar-refractivity contribution in [3.63, 3.8) is 0 Å². The van der Waals surface area contributed by atoms with Crippen molar-refractivity contribution in [1.29, 1.82) is 0 Å². The third-order valence-corrected chi connectivity index (χ3v) is 5.30. The van der Waals surface area contributed by atoms with Crippen molar-refractivity contribution in [3.8, 4) is 5.75 Å². The van der Waals surface area contributed by atoms with Gasteiger partial charge in [-0.2, -0.15) is 18.2 Å². The fourth-order valence-corrected chi connectivity index (χ4v) is 3.45. The molecule has 0 aliphatic rings. The summed E-state index contributed by atoms with van der Waals surface area (Å²) in [5.41, 5.74) is 1.42. The molecule has 0 saturated carbocycles. The van der Waals surface area contributed by atoms with E-state index in [0.29, 0.717) is 29.6 Å². The number of ether oxygens (including phenoxy) is 1. The lowest BCUT2D eigenvalue weighted by molar-refractivity contribution is -0.137. The highest BCUT2D eigenvalue weighted by Gasteiger charge is 2.35. The van der Waals surface area contributed by atoms with Crippen LogP contribution in [0.5, 0.6) is 5.75 Å². The first-order valence-corrected chi connectivity index (χ1v) is 12.0. The molecule has 0 radical (unpaired) electrons. The summed E-state index contributed by atoms with van der Waals surface area (Å²) in [6, 6.07) is 14.6. The largest absolute Gasteiger partial charge is 0.493 e. The van der Waals surface area contributed by atoms with E-state index in [2.05, 4.69) is 27.5 Å². The van der Waals surface area contributed by atoms with Crippen molar-refractivity contribution in [3.05, 3.63) is 65.9 Å². The SMILES string of the molecule is CCCCCCc1ccc(Nc2ncc(C(F)(F)F)c(Nc3cccc(OCC(C)C)c3)n2)cc1. The molecule has 1 aromatic heterocycles. The number of rotatable bonds is 12. The summed E-state index contributed by atoms with van der Waals surface area (Å²) in [6.07, 6.45) is 1.97. The zero-order valence-corrected chi connectivity index (χ0v) is 20.5. The van der Waals surface area contributed by atoms with E-state index in [1.807, 2.05) is 38.1 Å². The number of aryl methyl sites for hydroxylation is 1. The molecule has 0 amide bonds. The van der Waals surface area contributed by atoms with Gasteiger partial charge in [0.1, 0.15) is 17.1 Å². The molecule has 0 atom stereocenters. The molecule has 8 heteroatoms. The van der Waals surface area contributed by atoms with E-state index >= 15 is 0 Å². The maximum Gasteiger partial charge on any atom is 0.421 e. The minimum atomic E-state index is -4.61. The number of halogens is 3. The first kappa shape index (κ1) is 26.3. The van der Waals surface area contributed by atoms with Crippen LogP contribution >= 0.6 is 0 Å². The molecule has 3 rings (SSSR count). The molecule has 2 aromatic carbocycles. The van der Waals surface area contributed by atoms with Crippen molar-refractivity contribution < 1.29 is 17.9 Å². The van der Waals surface area contributed by atoms with Crippen molar-refractivity contribution in [1.82, 2.24) is 9.97 Å². The van der Waals surface area contributed by atoms with Gasteiger partial charge in [0.15, 0.2) is 0 Å². The Morgan fingerprint density at radius 3 is 2.40 bits per heavy atom. The third kappa shape index (κ3) is 8.46. The Balaban J connectivity index is 1.75. The summed E-state index contributed by atoms with van der Waals surface area (Å²) in [4.78, 5) is 8.03. The van der Waals surface area contributed by atoms with Crippen molar-refractivity contribution in [2.24, 2.45) is 5.92 Å². The van der Waals surface area contributed by atoms with E-state index in [1.165, 1.54) is 24.8 Å². The number of aromatic nitrogens is 2. The highest BCUT2D eigenvalue weighted by atomic mass is 19.4. The van der Waals surface area contributed by atoms with E-state index in [-0.39, 0.29) is 11.8 Å². The smallest absolute Gasteiger partial charge is 0.421 e. The molecule has 0 unspecified atom stereocenters. The molecule has 2 N–H and O–H groups in total. The number of nitrogens with zero attached hydrogens (tertiary/aromatic N) is 2. The first-order chi connectivity index (χ1) is 16.7. The summed E-state index contributed by atoms with van der Waals surface area (Å²) in [6.45, 7) is 6.74. The first-order valence-electron chi connectivity index (χ1n) is 12.0. The van der Waals surface area contributed by atoms with Gasteiger partial charge < -0.3 is 15.4 Å². The minimum absolute atomic E-state index is 0.0726. The Labute approximate surface area is 205 Å². The topological polar surface area (TPSA) is 59.1 Å². The van der Waals surface area contributed by atoms with Gasteiger partial charge in [-0.1, -0.05) is 58.2 Å². The summed E-state index contributed by atoms with van der Waals surface area (Å²) in [5, 5.41) is 5.79. The van der Waals surface area contributed by atoms with Crippen LogP contribution in [-0.2, 0) is 12.6 Å². The van der Waals surface area contributed by atoms with Crippen molar-refractivity contribution >= 4 is 23.1 Å². The Kier molecular flexibility index (Phi) is 9.34. The van der Waals surface area contributed by atoms with Crippen LogP contribution in [0.15, 0.2) is 54.7 Å². The van der Waals surface area contributed by atoms with Gasteiger partial charge in [-0.3, -0.25) is 0 Å². The maximum absolute atomic E-state index is 13.6. The second-order valence-corrected chi connectivity index (χ2v) is 8.94. The number of benzene rings is 2. The van der Waals surface area contributed by atoms with Crippen molar-refractivity contribution in [2.45, 2.75) is 59.1 Å². The van der Waals surface area contributed by atoms with Crippen LogP contribution < -0.4 is 15.4 Å². The predicted molar refractivity (Wildman–Crippen MR) is 135 cm³/mol. The molecule has 35 heavy (non-hydrogen) atoms. The van der Waals surface area contributed by atoms with Gasteiger partial charge in [0.2, 0.25) is 5.95 Å². The Hall–Kier alpha value is -3.29. The van der Waals surface area contributed by atoms with Crippen LogP contribution in [0.2, 0.25) is 0 Å². The monoisotopic (exact) mass is 486 g/mol. The molecule has 3 aromatic rings. The Morgan fingerprint density at radius 1 is 0.943 bits per heavy atom. The number of alkyl halides is 3. The van der Waals surface area contributed by atoms with E-state index in [9.17, 15) is 13.2 Å². The zero-order valence-electron chi connectivity index (χ0n) is 20.5. The Morgan fingerprint density at radius 2 is 1.71 bits per heavy atom. The van der Waals surface area contributed by atoms with E-state index < -0.39 is 11.7 Å². The zero-order chi connectivity index (χ0) is 25.3. The molecular formula is C27H33F3N4O. The molecule has 0 saturated heterocycles. The van der Waals surface area contributed by atoms with Gasteiger partial charge in [-0.05, 0) is 48.6 Å². The average molecular weight is 487 g/mol. The molecule has 0 aliphatic carbocycles. The van der Waals surface area contributed by atoms with Gasteiger partial charge >= 0.3 is 6.18 Å². The van der Waals surface area contributed by atoms with E-state index in [1.54, 1.807) is 24.3 Å². The lowest BCUT2D eigenvalue weighted by atomic mass is 10.1. The minimum Gasteiger partial charge on any atom is -0.493 e. The van der Waals surface area contributed by atoms with E-state index in [4.69, 9.17) is 4.74 Å². The highest BCUT2D eigenvalue weighted by molar-refractivity contribution is 5.64. The molecular weight excluding hydrogens is 453 g/mol. The number of hydrogen-bond acceptors (Lipinski definition) is 5. The summed E-state index contributed by atoms with van der Waals surface area (Å²) >= 11 is 0. The molecule has 1 heterocycles. The van der Waals surface area contributed by atoms with Gasteiger partial charge in [0, 0.05) is 23.6 Å². The van der Waals surface area contributed by atoms with Crippen LogP contribution in [0.3, 0.4) is 0 Å². The standard InChI is InChI=1S/C27H33F3N4O/c1-4-5-6-7-9-20-12-14-21(15-13-20)33-26-31-17-24(27(28,29)30)25(34-26)32-22-10-8-11-23(16-22)35-18-19(2)3/h8,10-17,19H,4-7,9,18H2,1-3H3,(H2,31,32,33,34). The molecule has 0 fully saturated rings. The molecule has 0 bridgehead atoms. The number of unbranched alkanes of at least 4 members (excludes halogenated alkanes) is 3. The highest BCUT2D eigenvalue weighted by Crippen LogP contribution is 2.35. The second kappa shape index (κ2) is 12.4. The van der Waals surface area contributed by atoms with E-state index in [0.717, 1.165) is 19.0 Å². The summed E-state index contributed by atoms with van der Waals surface area (Å²) < 4.78 is 46.6. The number of anilines is 4. The fraction of sp³-hybridized carbons (Fsp3) is 0.407. The summed E-state index contributed by atoms with van der Waals surface area (Å²) in [7, 11) is 0. The maximum atomic E-state index is 13.6. The van der Waals surface area contributed by atoms with Gasteiger partial charge in [0.05, 0.1) is 6.61 Å². The molecule has 188 valence electrons. The lowest BCUT2D eigenvalue weighted by Crippen LogP contribution is -2.12. The van der Waals surface area contributed by atoms with Crippen molar-refractivity contribution in [2.75, 3.05) is 17.2 Å². The summed E-state index contributed by atoms with van der Waals surface area (Å²) in [5.74, 6) is 0.639. The second-order valence-electron chi connectivity index (χ2n) is 8.94. The number of nitrogens with one attached hydrogen (secondary N) is 2. The normalized spacial score (nSPS) is 11.5. The number of hydrogen-bond donors (Lipinski definition) is 2. The van der Waals surface area contributed by atoms with Crippen LogP contribution in [-0.4, -0.2) is 16.6 Å². The van der Waals surface area contributed by atoms with Gasteiger partial charge in [-0.15, -0.1) is 0 Å². The fourth-order valence-electron chi connectivity index (χ4n) is 3.45. The molecule has 5 nitrogen and oxygen atoms in total.